The first-order valence-corrected chi connectivity index (χ1v) is 18.9. The molecule has 4 bridgehead atoms. The lowest BCUT2D eigenvalue weighted by Gasteiger charge is -2.31. The number of H-pyrrole nitrogens is 1. The molecule has 0 fully saturated rings. The van der Waals surface area contributed by atoms with Gasteiger partial charge in [-0.1, -0.05) is 44.5 Å². The van der Waals surface area contributed by atoms with Crippen LogP contribution < -0.4 is 4.74 Å². The SMILES string of the molecule is COCC(Cc1cccc([C@@]2(C)CCCC(C)(C)CS(=O)(=O)CCc3c(c(F)cc4[nH]ccc34)Oc3ccnc(c3)-c3nc2nn3C)c1)C(=O)O. The summed E-state index contributed by atoms with van der Waals surface area (Å²) in [6.45, 7) is 6.06. The van der Waals surface area contributed by atoms with Crippen molar-refractivity contribution in [3.63, 3.8) is 0 Å². The second-order valence-corrected chi connectivity index (χ2v) is 16.7. The minimum absolute atomic E-state index is 0.0309. The Bertz CT molecular complexity index is 2180. The van der Waals surface area contributed by atoms with E-state index in [1.807, 2.05) is 38.1 Å². The molecule has 13 heteroatoms. The van der Waals surface area contributed by atoms with Crippen molar-refractivity contribution in [2.75, 3.05) is 25.2 Å². The number of ether oxygens (including phenoxy) is 2. The van der Waals surface area contributed by atoms with E-state index in [1.54, 1.807) is 42.3 Å². The maximum Gasteiger partial charge on any atom is 0.309 e. The van der Waals surface area contributed by atoms with Crippen LogP contribution in [0.2, 0.25) is 0 Å². The van der Waals surface area contributed by atoms with Crippen molar-refractivity contribution in [3.8, 4) is 23.0 Å². The molecule has 270 valence electrons. The van der Waals surface area contributed by atoms with Crippen LogP contribution in [0.4, 0.5) is 4.39 Å². The molecule has 4 heterocycles. The van der Waals surface area contributed by atoms with E-state index in [2.05, 4.69) is 16.9 Å². The third-order valence-corrected chi connectivity index (χ3v) is 11.9. The number of halogens is 1. The van der Waals surface area contributed by atoms with E-state index >= 15 is 4.39 Å². The maximum absolute atomic E-state index is 15.7. The Labute approximate surface area is 297 Å². The normalized spacial score (nSPS) is 19.7. The number of hydrogen-bond donors (Lipinski definition) is 2. The summed E-state index contributed by atoms with van der Waals surface area (Å²) < 4.78 is 56.0. The van der Waals surface area contributed by atoms with E-state index in [-0.39, 0.29) is 36.7 Å². The van der Waals surface area contributed by atoms with Crippen molar-refractivity contribution in [1.82, 2.24) is 24.7 Å². The van der Waals surface area contributed by atoms with Gasteiger partial charge in [-0.2, -0.15) is 5.10 Å². The van der Waals surface area contributed by atoms with Gasteiger partial charge in [-0.25, -0.2) is 22.5 Å². The summed E-state index contributed by atoms with van der Waals surface area (Å²) in [5, 5.41) is 15.4. The van der Waals surface area contributed by atoms with Crippen LogP contribution in [0.1, 0.15) is 62.5 Å². The van der Waals surface area contributed by atoms with E-state index in [1.165, 1.54) is 13.2 Å². The number of benzene rings is 2. The van der Waals surface area contributed by atoms with Gasteiger partial charge in [0.2, 0.25) is 0 Å². The molecule has 5 aromatic rings. The van der Waals surface area contributed by atoms with Gasteiger partial charge < -0.3 is 19.6 Å². The zero-order valence-corrected chi connectivity index (χ0v) is 30.4. The Morgan fingerprint density at radius 3 is 2.73 bits per heavy atom. The smallest absolute Gasteiger partial charge is 0.309 e. The van der Waals surface area contributed by atoms with Gasteiger partial charge in [0.15, 0.2) is 33.1 Å². The van der Waals surface area contributed by atoms with E-state index in [9.17, 15) is 18.3 Å². The van der Waals surface area contributed by atoms with Crippen LogP contribution in [0, 0.1) is 17.2 Å². The Hall–Kier alpha value is -4.62. The molecule has 2 aromatic carbocycles. The Morgan fingerprint density at radius 2 is 1.96 bits per heavy atom. The first kappa shape index (κ1) is 36.2. The monoisotopic (exact) mass is 717 g/mol. The molecule has 0 saturated heterocycles. The predicted octanol–water partition coefficient (Wildman–Crippen LogP) is 6.65. The number of aryl methyl sites for hydroxylation is 2. The first-order valence-electron chi connectivity index (χ1n) is 17.0. The summed E-state index contributed by atoms with van der Waals surface area (Å²) in [5.41, 5.74) is 1.96. The summed E-state index contributed by atoms with van der Waals surface area (Å²) in [4.78, 5) is 24.5. The number of nitrogens with zero attached hydrogens (tertiary/aromatic N) is 4. The number of pyridine rings is 1. The molecule has 51 heavy (non-hydrogen) atoms. The van der Waals surface area contributed by atoms with Crippen molar-refractivity contribution in [2.45, 2.75) is 58.3 Å². The minimum Gasteiger partial charge on any atom is -0.481 e. The molecular weight excluding hydrogens is 674 g/mol. The highest BCUT2D eigenvalue weighted by Gasteiger charge is 2.36. The molecule has 11 nitrogen and oxygen atoms in total. The Morgan fingerprint density at radius 1 is 1.16 bits per heavy atom. The topological polar surface area (TPSA) is 149 Å². The van der Waals surface area contributed by atoms with Crippen LogP contribution >= 0.6 is 0 Å². The lowest BCUT2D eigenvalue weighted by atomic mass is 9.75. The molecule has 6 rings (SSSR count). The Balaban J connectivity index is 1.46. The number of aromatic amines is 1. The summed E-state index contributed by atoms with van der Waals surface area (Å²) >= 11 is 0. The fourth-order valence-corrected chi connectivity index (χ4v) is 9.18. The number of methoxy groups -OCH3 is 1. The predicted molar refractivity (Wildman–Crippen MR) is 192 cm³/mol. The van der Waals surface area contributed by atoms with Gasteiger partial charge in [0, 0.05) is 55.2 Å². The number of nitrogens with one attached hydrogen (secondary N) is 1. The van der Waals surface area contributed by atoms with Crippen LogP contribution in [-0.2, 0) is 44.7 Å². The third kappa shape index (κ3) is 7.84. The van der Waals surface area contributed by atoms with Crippen LogP contribution in [0.5, 0.6) is 11.5 Å². The van der Waals surface area contributed by atoms with Crippen molar-refractivity contribution < 1.29 is 32.2 Å². The lowest BCUT2D eigenvalue weighted by molar-refractivity contribution is -0.143. The molecule has 2 atom stereocenters. The van der Waals surface area contributed by atoms with Crippen molar-refractivity contribution >= 4 is 26.7 Å². The van der Waals surface area contributed by atoms with Crippen LogP contribution in [-0.4, -0.2) is 69.4 Å². The molecule has 1 aliphatic rings. The van der Waals surface area contributed by atoms with Crippen LogP contribution in [0.3, 0.4) is 0 Å². The van der Waals surface area contributed by atoms with E-state index in [0.717, 1.165) is 11.1 Å². The van der Waals surface area contributed by atoms with E-state index in [0.29, 0.717) is 58.8 Å². The van der Waals surface area contributed by atoms with Gasteiger partial charge in [-0.15, -0.1) is 0 Å². The average molecular weight is 718 g/mol. The number of sulfone groups is 1. The fraction of sp³-hybridized carbons (Fsp3) is 0.421. The highest BCUT2D eigenvalue weighted by atomic mass is 32.2. The van der Waals surface area contributed by atoms with Gasteiger partial charge in [0.05, 0.1) is 29.4 Å². The summed E-state index contributed by atoms with van der Waals surface area (Å²) in [6, 6.07) is 14.2. The molecule has 0 saturated carbocycles. The van der Waals surface area contributed by atoms with Crippen LogP contribution in [0.25, 0.3) is 22.4 Å². The number of aromatic nitrogens is 5. The number of rotatable bonds is 6. The number of aliphatic carboxylic acids is 1. The number of fused-ring (bicyclic) bond motifs is 8. The highest BCUT2D eigenvalue weighted by Crippen LogP contribution is 2.40. The van der Waals surface area contributed by atoms with Gasteiger partial charge in [-0.05, 0) is 61.3 Å². The largest absolute Gasteiger partial charge is 0.481 e. The molecule has 3 aromatic heterocycles. The molecule has 0 radical (unpaired) electrons. The Kier molecular flexibility index (Phi) is 10.1. The van der Waals surface area contributed by atoms with Crippen molar-refractivity contribution in [1.29, 1.82) is 0 Å². The molecule has 2 N–H and O–H groups in total. The fourth-order valence-electron chi connectivity index (χ4n) is 7.19. The third-order valence-electron chi connectivity index (χ3n) is 9.87. The molecule has 0 amide bonds. The second kappa shape index (κ2) is 14.2. The standard InChI is InChI=1S/C38H44FN5O6S/c1-37(2)13-7-14-38(3,26-9-6-8-24(19-26)18-25(22-49-5)35(45)46)36-42-34(44(4)43-36)32-20-27(10-15-41-32)50-33-29(12-17-51(47,48)23-37)28-11-16-40-31(28)21-30(33)39/h6,8-11,15-16,19-21,25,40H,7,12-14,17-18,22-23H2,1-5H3,(H,45,46)/t25?,38-/m1/s1. The van der Waals surface area contributed by atoms with Gasteiger partial charge in [0.1, 0.15) is 11.4 Å². The number of hydrogen-bond acceptors (Lipinski definition) is 8. The molecule has 1 aliphatic heterocycles. The van der Waals surface area contributed by atoms with Crippen molar-refractivity contribution in [2.24, 2.45) is 18.4 Å². The lowest BCUT2D eigenvalue weighted by Crippen LogP contribution is -2.29. The summed E-state index contributed by atoms with van der Waals surface area (Å²) in [5.74, 6) is -1.15. The quantitative estimate of drug-likeness (QED) is 0.197. The number of carboxylic acid groups (broad SMARTS) is 1. The number of carbonyl (C=O) groups is 1. The molecule has 0 spiro atoms. The highest BCUT2D eigenvalue weighted by molar-refractivity contribution is 7.91. The zero-order valence-electron chi connectivity index (χ0n) is 29.6. The summed E-state index contributed by atoms with van der Waals surface area (Å²) in [6.07, 6.45) is 5.48. The van der Waals surface area contributed by atoms with Gasteiger partial charge in [-0.3, -0.25) is 9.78 Å². The van der Waals surface area contributed by atoms with Crippen molar-refractivity contribution in [3.05, 3.63) is 89.3 Å². The minimum atomic E-state index is -3.56. The van der Waals surface area contributed by atoms with E-state index < -0.39 is 38.4 Å². The average Bonchev–Trinajstić information content (AvgIpc) is 3.70. The zero-order chi connectivity index (χ0) is 36.6. The summed E-state index contributed by atoms with van der Waals surface area (Å²) in [7, 11) is -0.292. The first-order chi connectivity index (χ1) is 24.2. The van der Waals surface area contributed by atoms with Gasteiger partial charge >= 0.3 is 5.97 Å². The van der Waals surface area contributed by atoms with Crippen LogP contribution in [0.15, 0.2) is 60.9 Å². The maximum atomic E-state index is 15.7. The second-order valence-electron chi connectivity index (χ2n) is 14.6. The molecule has 1 unspecified atom stereocenters. The molecular formula is C38H44FN5O6S. The van der Waals surface area contributed by atoms with E-state index in [4.69, 9.17) is 19.6 Å². The molecule has 0 aliphatic carbocycles. The number of carboxylic acids is 1. The van der Waals surface area contributed by atoms with Gasteiger partial charge in [0.25, 0.3) is 0 Å².